The van der Waals surface area contributed by atoms with Gasteiger partial charge in [0.2, 0.25) is 0 Å². The molecule has 25 heavy (non-hydrogen) atoms. The van der Waals surface area contributed by atoms with E-state index in [0.717, 1.165) is 6.54 Å². The maximum absolute atomic E-state index is 11.5. The molecule has 0 saturated carbocycles. The summed E-state index contributed by atoms with van der Waals surface area (Å²) in [6.07, 6.45) is 7.49. The summed E-state index contributed by atoms with van der Waals surface area (Å²) in [5.74, 6) is 0.439. The number of hydrogen-bond donors (Lipinski definition) is 0. The zero-order valence-electron chi connectivity index (χ0n) is 14.7. The number of nitrogens with zero attached hydrogens (tertiary/aromatic N) is 2. The second-order valence-electron chi connectivity index (χ2n) is 6.25. The number of esters is 1. The summed E-state index contributed by atoms with van der Waals surface area (Å²) in [6, 6.07) is 4.35. The van der Waals surface area contributed by atoms with E-state index in [2.05, 4.69) is 21.9 Å². The Labute approximate surface area is 160 Å². The standard InChI is InChI=1S/C18H26N2O3S.ClH/c1-2-22-18(21)11-15-12-20(14-23-15)17-8-7-16(24-17)13-19-9-5-3-4-6-10-19;/h7-8,12H,2-6,9-11,13-14H2,1H3;1H. The molecule has 1 aromatic rings. The third-order valence-corrected chi connectivity index (χ3v) is 5.43. The van der Waals surface area contributed by atoms with Gasteiger partial charge in [0, 0.05) is 17.6 Å². The third-order valence-electron chi connectivity index (χ3n) is 4.32. The number of rotatable bonds is 6. The molecule has 2 aliphatic heterocycles. The normalized spacial score (nSPS) is 18.1. The number of likely N-dealkylation sites (tertiary alicyclic amines) is 1. The summed E-state index contributed by atoms with van der Waals surface area (Å²) in [5, 5.41) is 1.17. The summed E-state index contributed by atoms with van der Waals surface area (Å²) in [4.78, 5) is 17.5. The summed E-state index contributed by atoms with van der Waals surface area (Å²) in [6.45, 7) is 6.15. The fourth-order valence-corrected chi connectivity index (χ4v) is 4.11. The highest BCUT2D eigenvalue weighted by Crippen LogP contribution is 2.31. The van der Waals surface area contributed by atoms with Crippen LogP contribution in [0.15, 0.2) is 24.1 Å². The van der Waals surface area contributed by atoms with Crippen LogP contribution in [0, 0.1) is 0 Å². The van der Waals surface area contributed by atoms with Crippen LogP contribution in [0.2, 0.25) is 0 Å². The molecule has 1 saturated heterocycles. The van der Waals surface area contributed by atoms with Crippen LogP contribution in [-0.4, -0.2) is 37.3 Å². The first kappa shape index (κ1) is 20.1. The van der Waals surface area contributed by atoms with Crippen LogP contribution in [0.1, 0.15) is 43.9 Å². The molecule has 0 atom stereocenters. The number of halogens is 1. The predicted octanol–water partition coefficient (Wildman–Crippen LogP) is 4.13. The molecule has 0 aromatic carbocycles. The van der Waals surface area contributed by atoms with Gasteiger partial charge >= 0.3 is 5.97 Å². The maximum atomic E-state index is 11.5. The molecule has 2 aliphatic rings. The van der Waals surface area contributed by atoms with Crippen molar-refractivity contribution in [3.8, 4) is 0 Å². The largest absolute Gasteiger partial charge is 0.475 e. The Bertz CT molecular complexity index is 583. The molecule has 0 amide bonds. The van der Waals surface area contributed by atoms with E-state index in [1.54, 1.807) is 11.3 Å². The molecule has 0 radical (unpaired) electrons. The topological polar surface area (TPSA) is 42.0 Å². The van der Waals surface area contributed by atoms with Crippen molar-refractivity contribution in [1.29, 1.82) is 0 Å². The van der Waals surface area contributed by atoms with Gasteiger partial charge in [-0.25, -0.2) is 0 Å². The smallest absolute Gasteiger partial charge is 0.313 e. The molecule has 3 heterocycles. The lowest BCUT2D eigenvalue weighted by Gasteiger charge is -2.18. The fourth-order valence-electron chi connectivity index (χ4n) is 3.10. The van der Waals surface area contributed by atoms with E-state index >= 15 is 0 Å². The number of carbonyl (C=O) groups excluding carboxylic acids is 1. The van der Waals surface area contributed by atoms with Crippen molar-refractivity contribution >= 4 is 34.7 Å². The van der Waals surface area contributed by atoms with E-state index in [9.17, 15) is 4.79 Å². The summed E-state index contributed by atoms with van der Waals surface area (Å²) >= 11 is 1.81. The Kier molecular flexibility index (Phi) is 8.06. The number of hydrogen-bond acceptors (Lipinski definition) is 6. The zero-order valence-corrected chi connectivity index (χ0v) is 16.4. The molecule has 0 aliphatic carbocycles. The molecule has 3 rings (SSSR count). The summed E-state index contributed by atoms with van der Waals surface area (Å²) in [5.41, 5.74) is 0. The van der Waals surface area contributed by atoms with E-state index in [1.165, 1.54) is 48.7 Å². The maximum Gasteiger partial charge on any atom is 0.313 e. The minimum absolute atomic E-state index is 0. The highest BCUT2D eigenvalue weighted by atomic mass is 35.5. The molecule has 0 spiro atoms. The van der Waals surface area contributed by atoms with Crippen molar-refractivity contribution in [2.45, 2.75) is 45.6 Å². The average molecular weight is 387 g/mol. The van der Waals surface area contributed by atoms with Gasteiger partial charge in [-0.2, -0.15) is 0 Å². The second-order valence-corrected chi connectivity index (χ2v) is 7.40. The van der Waals surface area contributed by atoms with Gasteiger partial charge in [0.15, 0.2) is 6.73 Å². The van der Waals surface area contributed by atoms with Gasteiger partial charge in [0.1, 0.15) is 12.2 Å². The van der Waals surface area contributed by atoms with Crippen LogP contribution in [0.5, 0.6) is 0 Å². The molecule has 7 heteroatoms. The zero-order chi connectivity index (χ0) is 16.8. The van der Waals surface area contributed by atoms with E-state index in [4.69, 9.17) is 9.47 Å². The predicted molar refractivity (Wildman–Crippen MR) is 103 cm³/mol. The highest BCUT2D eigenvalue weighted by Gasteiger charge is 2.20. The lowest BCUT2D eigenvalue weighted by molar-refractivity contribution is -0.142. The first-order chi connectivity index (χ1) is 11.7. The van der Waals surface area contributed by atoms with Crippen LogP contribution in [0.3, 0.4) is 0 Å². The Hall–Kier alpha value is -1.24. The van der Waals surface area contributed by atoms with Crippen molar-refractivity contribution in [1.82, 2.24) is 4.90 Å². The molecule has 0 bridgehead atoms. The fraction of sp³-hybridized carbons (Fsp3) is 0.611. The van der Waals surface area contributed by atoms with Crippen LogP contribution in [-0.2, 0) is 20.8 Å². The molecule has 1 aromatic heterocycles. The molecule has 5 nitrogen and oxygen atoms in total. The van der Waals surface area contributed by atoms with Crippen molar-refractivity contribution in [3.63, 3.8) is 0 Å². The molecule has 0 N–H and O–H groups in total. The molecule has 140 valence electrons. The van der Waals surface area contributed by atoms with Gasteiger partial charge < -0.3 is 14.4 Å². The first-order valence-electron chi connectivity index (χ1n) is 8.81. The average Bonchev–Trinajstić information content (AvgIpc) is 3.12. The summed E-state index contributed by atoms with van der Waals surface area (Å²) in [7, 11) is 0. The Morgan fingerprint density at radius 3 is 2.72 bits per heavy atom. The summed E-state index contributed by atoms with van der Waals surface area (Å²) < 4.78 is 10.6. The van der Waals surface area contributed by atoms with E-state index < -0.39 is 0 Å². The Balaban J connectivity index is 0.00000225. The SMILES string of the molecule is CCOC(=O)CC1=CN(c2ccc(CN3CCCCCC3)s2)CO1.Cl. The Morgan fingerprint density at radius 2 is 2.00 bits per heavy atom. The monoisotopic (exact) mass is 386 g/mol. The van der Waals surface area contributed by atoms with Gasteiger partial charge in [-0.05, 0) is 45.0 Å². The number of anilines is 1. The van der Waals surface area contributed by atoms with Gasteiger partial charge in [0.25, 0.3) is 0 Å². The number of thiophene rings is 1. The van der Waals surface area contributed by atoms with Gasteiger partial charge in [0.05, 0.1) is 11.6 Å². The highest BCUT2D eigenvalue weighted by molar-refractivity contribution is 7.16. The minimum Gasteiger partial charge on any atom is -0.475 e. The lowest BCUT2D eigenvalue weighted by atomic mass is 10.2. The Morgan fingerprint density at radius 1 is 1.24 bits per heavy atom. The van der Waals surface area contributed by atoms with Crippen LogP contribution >= 0.6 is 23.7 Å². The minimum atomic E-state index is -0.237. The van der Waals surface area contributed by atoms with Crippen LogP contribution in [0.25, 0.3) is 0 Å². The molecular weight excluding hydrogens is 360 g/mol. The van der Waals surface area contributed by atoms with Gasteiger partial charge in [-0.1, -0.05) is 12.8 Å². The van der Waals surface area contributed by atoms with Crippen LogP contribution < -0.4 is 4.90 Å². The first-order valence-corrected chi connectivity index (χ1v) is 9.63. The van der Waals surface area contributed by atoms with Gasteiger partial charge in [-0.15, -0.1) is 23.7 Å². The lowest BCUT2D eigenvalue weighted by Crippen LogP contribution is -2.23. The number of carbonyl (C=O) groups is 1. The molecular formula is C18H27ClN2O3S. The van der Waals surface area contributed by atoms with Crippen LogP contribution in [0.4, 0.5) is 5.00 Å². The van der Waals surface area contributed by atoms with Crippen molar-refractivity contribution in [3.05, 3.63) is 29.0 Å². The van der Waals surface area contributed by atoms with E-state index in [0.29, 0.717) is 19.1 Å². The van der Waals surface area contributed by atoms with E-state index in [-0.39, 0.29) is 24.8 Å². The van der Waals surface area contributed by atoms with Crippen molar-refractivity contribution in [2.24, 2.45) is 0 Å². The quantitative estimate of drug-likeness (QED) is 0.687. The van der Waals surface area contributed by atoms with Crippen molar-refractivity contribution in [2.75, 3.05) is 31.3 Å². The molecule has 0 unspecified atom stereocenters. The van der Waals surface area contributed by atoms with Gasteiger partial charge in [-0.3, -0.25) is 9.69 Å². The second kappa shape index (κ2) is 10.0. The third kappa shape index (κ3) is 5.90. The number of ether oxygens (including phenoxy) is 2. The van der Waals surface area contributed by atoms with Crippen molar-refractivity contribution < 1.29 is 14.3 Å². The molecule has 1 fully saturated rings. The van der Waals surface area contributed by atoms with E-state index in [1.807, 2.05) is 13.1 Å².